The van der Waals surface area contributed by atoms with Crippen LogP contribution in [0.2, 0.25) is 0 Å². The summed E-state index contributed by atoms with van der Waals surface area (Å²) in [6, 6.07) is 8.32. The van der Waals surface area contributed by atoms with Gasteiger partial charge >= 0.3 is 6.03 Å². The summed E-state index contributed by atoms with van der Waals surface area (Å²) < 4.78 is 0. The molecule has 1 aliphatic rings. The molecule has 0 radical (unpaired) electrons. The number of hydrogen-bond acceptors (Lipinski definition) is 2. The molecule has 5 heteroatoms. The van der Waals surface area contributed by atoms with Crippen molar-refractivity contribution in [2.45, 2.75) is 64.5 Å². The lowest BCUT2D eigenvalue weighted by atomic mass is 10.0. The van der Waals surface area contributed by atoms with Crippen LogP contribution >= 0.6 is 0 Å². The first-order valence-electron chi connectivity index (χ1n) is 8.54. The second-order valence-electron chi connectivity index (χ2n) is 6.21. The number of aryl methyl sites for hydroxylation is 1. The molecule has 1 saturated heterocycles. The highest BCUT2D eigenvalue weighted by Crippen LogP contribution is 2.14. The number of unbranched alkanes of at least 4 members (excludes halogenated alkanes) is 2. The van der Waals surface area contributed by atoms with E-state index in [1.807, 2.05) is 25.1 Å². The fourth-order valence-electron chi connectivity index (χ4n) is 2.88. The topological polar surface area (TPSA) is 70.2 Å². The van der Waals surface area contributed by atoms with Crippen LogP contribution in [0.3, 0.4) is 0 Å². The Morgan fingerprint density at radius 1 is 1.22 bits per heavy atom. The fraction of sp³-hybridized carbons (Fsp3) is 0.556. The second-order valence-corrected chi connectivity index (χ2v) is 6.21. The smallest absolute Gasteiger partial charge is 0.315 e. The van der Waals surface area contributed by atoms with Crippen LogP contribution in [0.4, 0.5) is 10.5 Å². The van der Waals surface area contributed by atoms with Gasteiger partial charge < -0.3 is 16.0 Å². The molecule has 23 heavy (non-hydrogen) atoms. The highest BCUT2D eigenvalue weighted by atomic mass is 16.2. The molecule has 2 atom stereocenters. The average Bonchev–Trinajstić information content (AvgIpc) is 2.85. The standard InChI is InChI=1S/C18H27N3O2/c1-3-14-8-7-9-15(12-14)20-17(22)11-6-4-5-10-16-13(2)19-18(23)21-16/h7-9,12-13,16H,3-6,10-11H2,1-2H3,(H,20,22)(H2,19,21,23)/t13-,16-/m1/s1. The van der Waals surface area contributed by atoms with Crippen LogP contribution in [0, 0.1) is 0 Å². The first-order valence-corrected chi connectivity index (χ1v) is 8.54. The largest absolute Gasteiger partial charge is 0.334 e. The van der Waals surface area contributed by atoms with Gasteiger partial charge in [0.2, 0.25) is 5.91 Å². The molecule has 1 aromatic carbocycles. The van der Waals surface area contributed by atoms with Crippen molar-refractivity contribution >= 4 is 17.6 Å². The summed E-state index contributed by atoms with van der Waals surface area (Å²) in [5.41, 5.74) is 2.10. The third kappa shape index (κ3) is 5.58. The molecule has 0 unspecified atom stereocenters. The van der Waals surface area contributed by atoms with E-state index in [4.69, 9.17) is 0 Å². The zero-order valence-corrected chi connectivity index (χ0v) is 14.0. The summed E-state index contributed by atoms with van der Waals surface area (Å²) >= 11 is 0. The molecule has 0 spiro atoms. The predicted octanol–water partition coefficient (Wildman–Crippen LogP) is 3.21. The molecule has 5 nitrogen and oxygen atoms in total. The molecule has 0 bridgehead atoms. The van der Waals surface area contributed by atoms with E-state index < -0.39 is 0 Å². The van der Waals surface area contributed by atoms with Crippen LogP contribution in [0.25, 0.3) is 0 Å². The van der Waals surface area contributed by atoms with E-state index in [9.17, 15) is 9.59 Å². The molecular weight excluding hydrogens is 290 g/mol. The van der Waals surface area contributed by atoms with Crippen molar-refractivity contribution < 1.29 is 9.59 Å². The van der Waals surface area contributed by atoms with E-state index in [0.717, 1.165) is 37.8 Å². The highest BCUT2D eigenvalue weighted by Gasteiger charge is 2.26. The molecular formula is C18H27N3O2. The third-order valence-corrected chi connectivity index (χ3v) is 4.32. The number of rotatable bonds is 8. The molecule has 1 fully saturated rings. The van der Waals surface area contributed by atoms with Gasteiger partial charge in [-0.3, -0.25) is 4.79 Å². The number of carbonyl (C=O) groups excluding carboxylic acids is 2. The molecule has 0 aromatic heterocycles. The fourth-order valence-corrected chi connectivity index (χ4v) is 2.88. The quantitative estimate of drug-likeness (QED) is 0.644. The summed E-state index contributed by atoms with van der Waals surface area (Å²) in [5, 5.41) is 8.72. The van der Waals surface area contributed by atoms with Gasteiger partial charge in [-0.25, -0.2) is 4.79 Å². The van der Waals surface area contributed by atoms with Crippen molar-refractivity contribution in [1.29, 1.82) is 0 Å². The molecule has 1 heterocycles. The maximum Gasteiger partial charge on any atom is 0.315 e. The number of benzene rings is 1. The van der Waals surface area contributed by atoms with Gasteiger partial charge in [0.1, 0.15) is 0 Å². The minimum absolute atomic E-state index is 0.0717. The van der Waals surface area contributed by atoms with Gasteiger partial charge in [-0.2, -0.15) is 0 Å². The van der Waals surface area contributed by atoms with Gasteiger partial charge in [0, 0.05) is 18.2 Å². The molecule has 1 aliphatic heterocycles. The predicted molar refractivity (Wildman–Crippen MR) is 92.5 cm³/mol. The number of anilines is 1. The molecule has 2 rings (SSSR count). The monoisotopic (exact) mass is 317 g/mol. The van der Waals surface area contributed by atoms with E-state index in [2.05, 4.69) is 28.9 Å². The Balaban J connectivity index is 1.60. The number of amides is 3. The zero-order chi connectivity index (χ0) is 16.7. The summed E-state index contributed by atoms with van der Waals surface area (Å²) in [6.07, 6.45) is 5.37. The molecule has 0 saturated carbocycles. The minimum atomic E-state index is -0.0730. The number of carbonyl (C=O) groups is 2. The molecule has 126 valence electrons. The van der Waals surface area contributed by atoms with E-state index in [1.54, 1.807) is 0 Å². The normalized spacial score (nSPS) is 20.0. The van der Waals surface area contributed by atoms with Gasteiger partial charge in [0.25, 0.3) is 0 Å². The lowest BCUT2D eigenvalue weighted by molar-refractivity contribution is -0.116. The summed E-state index contributed by atoms with van der Waals surface area (Å²) in [4.78, 5) is 23.1. The Morgan fingerprint density at radius 2 is 2.04 bits per heavy atom. The number of urea groups is 1. The number of hydrogen-bond donors (Lipinski definition) is 3. The van der Waals surface area contributed by atoms with Gasteiger partial charge in [0.05, 0.1) is 6.04 Å². The van der Waals surface area contributed by atoms with Crippen LogP contribution in [-0.4, -0.2) is 24.0 Å². The van der Waals surface area contributed by atoms with Crippen molar-refractivity contribution in [3.8, 4) is 0 Å². The van der Waals surface area contributed by atoms with Crippen molar-refractivity contribution in [2.24, 2.45) is 0 Å². The minimum Gasteiger partial charge on any atom is -0.334 e. The van der Waals surface area contributed by atoms with Crippen LogP contribution in [0.15, 0.2) is 24.3 Å². The van der Waals surface area contributed by atoms with Gasteiger partial charge in [-0.05, 0) is 43.9 Å². The lowest BCUT2D eigenvalue weighted by Crippen LogP contribution is -2.30. The maximum absolute atomic E-state index is 11.9. The van der Waals surface area contributed by atoms with Crippen molar-refractivity contribution in [1.82, 2.24) is 10.6 Å². The van der Waals surface area contributed by atoms with Crippen LogP contribution in [-0.2, 0) is 11.2 Å². The first kappa shape index (κ1) is 17.3. The highest BCUT2D eigenvalue weighted by molar-refractivity contribution is 5.90. The van der Waals surface area contributed by atoms with Crippen LogP contribution in [0.1, 0.15) is 51.5 Å². The molecule has 1 aromatic rings. The van der Waals surface area contributed by atoms with Gasteiger partial charge in [0.15, 0.2) is 0 Å². The number of nitrogens with one attached hydrogen (secondary N) is 3. The average molecular weight is 317 g/mol. The first-order chi connectivity index (χ1) is 11.1. The molecule has 3 amide bonds. The van der Waals surface area contributed by atoms with Crippen LogP contribution in [0.5, 0.6) is 0 Å². The Labute approximate surface area is 138 Å². The Morgan fingerprint density at radius 3 is 2.74 bits per heavy atom. The third-order valence-electron chi connectivity index (χ3n) is 4.32. The SMILES string of the molecule is CCc1cccc(NC(=O)CCCCC[C@H]2NC(=O)N[C@@H]2C)c1. The summed E-state index contributed by atoms with van der Waals surface area (Å²) in [5.74, 6) is 0.0717. The molecule has 0 aliphatic carbocycles. The van der Waals surface area contributed by atoms with Crippen molar-refractivity contribution in [2.75, 3.05) is 5.32 Å². The van der Waals surface area contributed by atoms with Crippen molar-refractivity contribution in [3.63, 3.8) is 0 Å². The Kier molecular flexibility index (Phi) is 6.44. The molecule has 3 N–H and O–H groups in total. The van der Waals surface area contributed by atoms with Crippen molar-refractivity contribution in [3.05, 3.63) is 29.8 Å². The zero-order valence-electron chi connectivity index (χ0n) is 14.0. The Hall–Kier alpha value is -2.04. The van der Waals surface area contributed by atoms with E-state index in [1.165, 1.54) is 5.56 Å². The van der Waals surface area contributed by atoms with E-state index in [-0.39, 0.29) is 24.0 Å². The summed E-state index contributed by atoms with van der Waals surface area (Å²) in [7, 11) is 0. The second kappa shape index (κ2) is 8.56. The Bertz CT molecular complexity index is 545. The van der Waals surface area contributed by atoms with E-state index in [0.29, 0.717) is 6.42 Å². The summed E-state index contributed by atoms with van der Waals surface area (Å²) in [6.45, 7) is 4.12. The van der Waals surface area contributed by atoms with Crippen LogP contribution < -0.4 is 16.0 Å². The van der Waals surface area contributed by atoms with E-state index >= 15 is 0 Å². The van der Waals surface area contributed by atoms with Gasteiger partial charge in [-0.1, -0.05) is 31.9 Å². The maximum atomic E-state index is 11.9. The lowest BCUT2D eigenvalue weighted by Gasteiger charge is -2.13. The van der Waals surface area contributed by atoms with Gasteiger partial charge in [-0.15, -0.1) is 0 Å².